The highest BCUT2D eigenvalue weighted by Gasteiger charge is 2.21. The lowest BCUT2D eigenvalue weighted by atomic mass is 9.85. The second-order valence-corrected chi connectivity index (χ2v) is 13.6. The molecule has 2 heterocycles. The van der Waals surface area contributed by atoms with Crippen LogP contribution in [0.1, 0.15) is 18.1 Å². The minimum Gasteiger partial charge on any atom is -0.256 e. The van der Waals surface area contributed by atoms with Crippen LogP contribution >= 0.6 is 0 Å². The Morgan fingerprint density at radius 1 is 0.490 bits per heavy atom. The molecular weight excluding hydrogens is 621 g/mol. The number of hydrogen-bond acceptors (Lipinski definition) is 4. The molecule has 0 radical (unpaired) electrons. The number of hydrogen-bond donors (Lipinski definition) is 0. The van der Waals surface area contributed by atoms with Gasteiger partial charge in [-0.05, 0) is 85.6 Å². The highest BCUT2D eigenvalue weighted by Crippen LogP contribution is 2.39. The average molecular weight is 653 g/mol. The van der Waals surface area contributed by atoms with Crippen molar-refractivity contribution in [2.75, 3.05) is 0 Å². The van der Waals surface area contributed by atoms with Crippen LogP contribution in [0.15, 0.2) is 152 Å². The number of fused-ring (bicyclic) bond motifs is 7. The zero-order valence-corrected chi connectivity index (χ0v) is 28.1. The van der Waals surface area contributed by atoms with Gasteiger partial charge in [-0.25, -0.2) is 15.0 Å². The summed E-state index contributed by atoms with van der Waals surface area (Å²) in [7, 11) is 0. The number of rotatable bonds is 4. The molecule has 2 aromatic heterocycles. The Hall–Kier alpha value is -6.52. The predicted octanol–water partition coefficient (Wildman–Crippen LogP) is 11.8. The summed E-state index contributed by atoms with van der Waals surface area (Å²) >= 11 is 0. The molecule has 10 rings (SSSR count). The third-order valence-corrected chi connectivity index (χ3v) is 10.3. The van der Waals surface area contributed by atoms with E-state index >= 15 is 0 Å². The largest absolute Gasteiger partial charge is 0.256 e. The molecular formula is C47H32N4. The van der Waals surface area contributed by atoms with E-state index in [2.05, 4.69) is 140 Å². The molecule has 9 aromatic rings. The molecule has 4 nitrogen and oxygen atoms in total. The van der Waals surface area contributed by atoms with E-state index in [0.717, 1.165) is 61.3 Å². The Morgan fingerprint density at radius 3 is 1.86 bits per heavy atom. The van der Waals surface area contributed by atoms with E-state index in [1.165, 1.54) is 27.3 Å². The van der Waals surface area contributed by atoms with Gasteiger partial charge < -0.3 is 0 Å². The second-order valence-electron chi connectivity index (χ2n) is 13.6. The molecule has 51 heavy (non-hydrogen) atoms. The molecule has 7 aromatic carbocycles. The van der Waals surface area contributed by atoms with Crippen LogP contribution in [0.5, 0.6) is 0 Å². The van der Waals surface area contributed by atoms with Crippen LogP contribution in [0.2, 0.25) is 0 Å². The van der Waals surface area contributed by atoms with E-state index in [1.54, 1.807) is 0 Å². The number of benzene rings is 7. The predicted molar refractivity (Wildman–Crippen MR) is 211 cm³/mol. The summed E-state index contributed by atoms with van der Waals surface area (Å²) in [5.41, 5.74) is 8.70. The zero-order valence-electron chi connectivity index (χ0n) is 28.1. The molecule has 1 unspecified atom stereocenters. The third-order valence-electron chi connectivity index (χ3n) is 10.3. The van der Waals surface area contributed by atoms with Crippen molar-refractivity contribution in [3.05, 3.63) is 163 Å². The monoisotopic (exact) mass is 652 g/mol. The quantitative estimate of drug-likeness (QED) is 0.178. The number of nitrogens with zero attached hydrogens (tertiary/aromatic N) is 4. The number of para-hydroxylation sites is 1. The van der Waals surface area contributed by atoms with E-state index < -0.39 is 0 Å². The first-order valence-corrected chi connectivity index (χ1v) is 17.5. The van der Waals surface area contributed by atoms with Gasteiger partial charge in [0.1, 0.15) is 0 Å². The van der Waals surface area contributed by atoms with Crippen LogP contribution in [-0.2, 0) is 6.42 Å². The number of allylic oxidation sites excluding steroid dienone is 1. The Labute approximate surface area is 295 Å². The van der Waals surface area contributed by atoms with Crippen LogP contribution in [0.4, 0.5) is 0 Å². The highest BCUT2D eigenvalue weighted by atomic mass is 15.0. The molecule has 0 aliphatic heterocycles. The van der Waals surface area contributed by atoms with Crippen LogP contribution in [0, 0.1) is 5.92 Å². The van der Waals surface area contributed by atoms with Crippen LogP contribution in [0.25, 0.3) is 94.6 Å². The summed E-state index contributed by atoms with van der Waals surface area (Å²) in [4.78, 5) is 20.5. The highest BCUT2D eigenvalue weighted by molar-refractivity contribution is 6.13. The molecule has 1 aliphatic carbocycles. The van der Waals surface area contributed by atoms with E-state index in [0.29, 0.717) is 23.4 Å². The summed E-state index contributed by atoms with van der Waals surface area (Å²) in [6.45, 7) is 2.28. The van der Waals surface area contributed by atoms with Gasteiger partial charge in [0.2, 0.25) is 0 Å². The Kier molecular flexibility index (Phi) is 6.81. The van der Waals surface area contributed by atoms with Gasteiger partial charge in [0.05, 0.1) is 5.52 Å². The average Bonchev–Trinajstić information content (AvgIpc) is 3.20. The van der Waals surface area contributed by atoms with Gasteiger partial charge in [-0.1, -0.05) is 134 Å². The van der Waals surface area contributed by atoms with Gasteiger partial charge >= 0.3 is 0 Å². The van der Waals surface area contributed by atoms with Crippen molar-refractivity contribution in [1.82, 2.24) is 19.9 Å². The molecule has 4 heteroatoms. The molecule has 0 saturated heterocycles. The number of aromatic nitrogens is 4. The topological polar surface area (TPSA) is 51.6 Å². The maximum Gasteiger partial charge on any atom is 0.164 e. The van der Waals surface area contributed by atoms with Crippen molar-refractivity contribution in [3.8, 4) is 45.3 Å². The van der Waals surface area contributed by atoms with Crippen LogP contribution in [-0.4, -0.2) is 19.9 Å². The maximum absolute atomic E-state index is 5.31. The SMILES string of the molecule is CC1C=Cc2cc(-c3nc(-c4ccc(-c5cnc6ccccc6c5)cc4)nc(-c4cc5ccccc5c5ccccc45)n3)c3ccccc3c2C1. The molecule has 240 valence electrons. The summed E-state index contributed by atoms with van der Waals surface area (Å²) in [6, 6.07) is 49.2. The second kappa shape index (κ2) is 11.8. The van der Waals surface area contributed by atoms with Gasteiger partial charge in [0.15, 0.2) is 17.5 Å². The van der Waals surface area contributed by atoms with Gasteiger partial charge in [-0.3, -0.25) is 4.98 Å². The first-order chi connectivity index (χ1) is 25.2. The van der Waals surface area contributed by atoms with Gasteiger partial charge in [-0.15, -0.1) is 0 Å². The van der Waals surface area contributed by atoms with Crippen LogP contribution in [0.3, 0.4) is 0 Å². The maximum atomic E-state index is 5.31. The normalized spacial score (nSPS) is 14.0. The van der Waals surface area contributed by atoms with Gasteiger partial charge in [0, 0.05) is 33.8 Å². The summed E-state index contributed by atoms with van der Waals surface area (Å²) < 4.78 is 0. The minimum atomic E-state index is 0.497. The zero-order chi connectivity index (χ0) is 33.9. The Morgan fingerprint density at radius 2 is 1.08 bits per heavy atom. The molecule has 1 aliphatic rings. The van der Waals surface area contributed by atoms with Gasteiger partial charge in [-0.2, -0.15) is 0 Å². The molecule has 0 N–H and O–H groups in total. The first kappa shape index (κ1) is 29.4. The van der Waals surface area contributed by atoms with Crippen molar-refractivity contribution >= 4 is 49.3 Å². The standard InChI is InChI=1S/C47H32N4/c1-29-18-19-33-27-43(40-16-8-6-14-38(40)41(33)24-29)47-50-45(31-22-20-30(21-23-31)35-25-34-11-3-9-17-44(34)48-28-35)49-46(51-47)42-26-32-10-2-4-12-36(32)37-13-5-7-15-39(37)42/h2-23,25-29H,24H2,1H3. The van der Waals surface area contributed by atoms with E-state index in [1.807, 2.05) is 24.4 Å². The fraction of sp³-hybridized carbons (Fsp3) is 0.0638. The first-order valence-electron chi connectivity index (χ1n) is 17.5. The summed E-state index contributed by atoms with van der Waals surface area (Å²) in [5, 5.41) is 8.20. The van der Waals surface area contributed by atoms with Crippen molar-refractivity contribution in [1.29, 1.82) is 0 Å². The lowest BCUT2D eigenvalue weighted by molar-refractivity contribution is 0.721. The molecule has 0 spiro atoms. The Balaban J connectivity index is 1.19. The third kappa shape index (κ3) is 5.07. The number of pyridine rings is 1. The van der Waals surface area contributed by atoms with Crippen LogP contribution < -0.4 is 0 Å². The molecule has 0 bridgehead atoms. The Bertz CT molecular complexity index is 2850. The van der Waals surface area contributed by atoms with E-state index in [9.17, 15) is 0 Å². The van der Waals surface area contributed by atoms with Crippen molar-refractivity contribution in [3.63, 3.8) is 0 Å². The molecule has 0 saturated carbocycles. The fourth-order valence-corrected chi connectivity index (χ4v) is 7.70. The lowest BCUT2D eigenvalue weighted by Gasteiger charge is -2.20. The van der Waals surface area contributed by atoms with Gasteiger partial charge in [0.25, 0.3) is 0 Å². The smallest absolute Gasteiger partial charge is 0.164 e. The lowest BCUT2D eigenvalue weighted by Crippen LogP contribution is -2.06. The van der Waals surface area contributed by atoms with Crippen molar-refractivity contribution < 1.29 is 0 Å². The summed E-state index contributed by atoms with van der Waals surface area (Å²) in [5.74, 6) is 2.46. The molecule has 0 fully saturated rings. The van der Waals surface area contributed by atoms with Crippen molar-refractivity contribution in [2.24, 2.45) is 5.92 Å². The molecule has 0 amide bonds. The van der Waals surface area contributed by atoms with E-state index in [-0.39, 0.29) is 0 Å². The molecule has 1 atom stereocenters. The van der Waals surface area contributed by atoms with Crippen molar-refractivity contribution in [2.45, 2.75) is 13.3 Å². The fourth-order valence-electron chi connectivity index (χ4n) is 7.70. The summed E-state index contributed by atoms with van der Waals surface area (Å²) in [6.07, 6.45) is 7.53. The van der Waals surface area contributed by atoms with E-state index in [4.69, 9.17) is 19.9 Å². The minimum absolute atomic E-state index is 0.497.